The number of nitrogens with one attached hydrogen (secondary N) is 2. The van der Waals surface area contributed by atoms with Crippen molar-refractivity contribution in [1.82, 2.24) is 0 Å². The second-order valence-electron chi connectivity index (χ2n) is 6.05. The molecule has 1 saturated heterocycles. The molecule has 0 spiro atoms. The summed E-state index contributed by atoms with van der Waals surface area (Å²) in [4.78, 5) is 23.2. The SMILES string of the molecule is O=C(O)c1cccc(C(=O)Nc2ccc(NCC3CCCO3)c(F)c2)c1. The molecule has 3 rings (SSSR count). The molecule has 0 aromatic heterocycles. The van der Waals surface area contributed by atoms with E-state index in [0.29, 0.717) is 12.2 Å². The average Bonchev–Trinajstić information content (AvgIpc) is 3.14. The van der Waals surface area contributed by atoms with Crippen LogP contribution in [0.5, 0.6) is 0 Å². The van der Waals surface area contributed by atoms with Crippen LogP contribution in [0.1, 0.15) is 33.6 Å². The predicted octanol–water partition coefficient (Wildman–Crippen LogP) is 3.37. The fourth-order valence-electron chi connectivity index (χ4n) is 2.76. The Morgan fingerprint density at radius 3 is 2.69 bits per heavy atom. The van der Waals surface area contributed by atoms with Crippen molar-refractivity contribution >= 4 is 23.3 Å². The van der Waals surface area contributed by atoms with Gasteiger partial charge in [-0.15, -0.1) is 0 Å². The third-order valence-corrected chi connectivity index (χ3v) is 4.14. The summed E-state index contributed by atoms with van der Waals surface area (Å²) in [5, 5.41) is 14.6. The van der Waals surface area contributed by atoms with Crippen LogP contribution >= 0.6 is 0 Å². The van der Waals surface area contributed by atoms with Gasteiger partial charge in [-0.3, -0.25) is 4.79 Å². The maximum absolute atomic E-state index is 14.2. The smallest absolute Gasteiger partial charge is 0.335 e. The maximum Gasteiger partial charge on any atom is 0.335 e. The van der Waals surface area contributed by atoms with Gasteiger partial charge >= 0.3 is 5.97 Å². The van der Waals surface area contributed by atoms with E-state index in [0.717, 1.165) is 19.4 Å². The van der Waals surface area contributed by atoms with E-state index in [1.165, 1.54) is 30.3 Å². The number of hydrogen-bond donors (Lipinski definition) is 3. The van der Waals surface area contributed by atoms with Gasteiger partial charge in [0.15, 0.2) is 0 Å². The number of ether oxygens (including phenoxy) is 1. The standard InChI is InChI=1S/C19H19FN2O4/c20-16-10-14(6-7-17(16)21-11-15-5-2-8-26-15)22-18(23)12-3-1-4-13(9-12)19(24)25/h1,3-4,6-7,9-10,15,21H,2,5,8,11H2,(H,22,23)(H,24,25). The Hall–Kier alpha value is -2.93. The first-order chi connectivity index (χ1) is 12.5. The third kappa shape index (κ3) is 4.37. The van der Waals surface area contributed by atoms with Crippen LogP contribution in [0.4, 0.5) is 15.8 Å². The van der Waals surface area contributed by atoms with Crippen LogP contribution in [-0.2, 0) is 4.74 Å². The van der Waals surface area contributed by atoms with Crippen molar-refractivity contribution in [3.8, 4) is 0 Å². The van der Waals surface area contributed by atoms with E-state index in [2.05, 4.69) is 10.6 Å². The Kier molecular flexibility index (Phi) is 5.48. The van der Waals surface area contributed by atoms with Gasteiger partial charge in [0.1, 0.15) is 5.82 Å². The number of rotatable bonds is 6. The van der Waals surface area contributed by atoms with Gasteiger partial charge in [-0.25, -0.2) is 9.18 Å². The highest BCUT2D eigenvalue weighted by Gasteiger charge is 2.16. The van der Waals surface area contributed by atoms with Crippen molar-refractivity contribution in [3.05, 3.63) is 59.4 Å². The molecule has 2 aromatic carbocycles. The molecule has 3 N–H and O–H groups in total. The number of halogens is 1. The Bertz CT molecular complexity index is 819. The van der Waals surface area contributed by atoms with Crippen LogP contribution < -0.4 is 10.6 Å². The number of carbonyl (C=O) groups excluding carboxylic acids is 1. The fraction of sp³-hybridized carbons (Fsp3) is 0.263. The first-order valence-electron chi connectivity index (χ1n) is 8.32. The fourth-order valence-corrected chi connectivity index (χ4v) is 2.76. The van der Waals surface area contributed by atoms with Crippen molar-refractivity contribution in [1.29, 1.82) is 0 Å². The van der Waals surface area contributed by atoms with Crippen LogP contribution in [0.3, 0.4) is 0 Å². The summed E-state index contributed by atoms with van der Waals surface area (Å²) < 4.78 is 19.7. The van der Waals surface area contributed by atoms with E-state index in [1.807, 2.05) is 0 Å². The number of aromatic carboxylic acids is 1. The van der Waals surface area contributed by atoms with Crippen LogP contribution in [0.25, 0.3) is 0 Å². The first-order valence-corrected chi connectivity index (χ1v) is 8.32. The summed E-state index contributed by atoms with van der Waals surface area (Å²) in [7, 11) is 0. The summed E-state index contributed by atoms with van der Waals surface area (Å²) >= 11 is 0. The molecule has 1 aliphatic heterocycles. The number of hydrogen-bond acceptors (Lipinski definition) is 4. The number of carbonyl (C=O) groups is 2. The minimum Gasteiger partial charge on any atom is -0.478 e. The normalized spacial score (nSPS) is 16.3. The van der Waals surface area contributed by atoms with Crippen molar-refractivity contribution in [2.75, 3.05) is 23.8 Å². The van der Waals surface area contributed by atoms with E-state index < -0.39 is 17.7 Å². The molecule has 1 aliphatic rings. The van der Waals surface area contributed by atoms with Gasteiger partial charge in [0.05, 0.1) is 17.4 Å². The predicted molar refractivity (Wildman–Crippen MR) is 95.2 cm³/mol. The second-order valence-corrected chi connectivity index (χ2v) is 6.05. The summed E-state index contributed by atoms with van der Waals surface area (Å²) in [6.45, 7) is 1.27. The van der Waals surface area contributed by atoms with Crippen LogP contribution in [0.2, 0.25) is 0 Å². The van der Waals surface area contributed by atoms with Gasteiger partial charge in [-0.05, 0) is 49.2 Å². The Morgan fingerprint density at radius 1 is 1.19 bits per heavy atom. The van der Waals surface area contributed by atoms with Gasteiger partial charge < -0.3 is 20.5 Å². The Morgan fingerprint density at radius 2 is 2.00 bits per heavy atom. The number of benzene rings is 2. The lowest BCUT2D eigenvalue weighted by Crippen LogP contribution is -2.19. The quantitative estimate of drug-likeness (QED) is 0.737. The molecule has 6 nitrogen and oxygen atoms in total. The van der Waals surface area contributed by atoms with Crippen molar-refractivity contribution in [2.24, 2.45) is 0 Å². The summed E-state index contributed by atoms with van der Waals surface area (Å²) in [5.74, 6) is -2.11. The first kappa shape index (κ1) is 17.9. The molecular weight excluding hydrogens is 339 g/mol. The van der Waals surface area contributed by atoms with Crippen LogP contribution in [0.15, 0.2) is 42.5 Å². The van der Waals surface area contributed by atoms with Gasteiger partial charge in [0.2, 0.25) is 0 Å². The highest BCUT2D eigenvalue weighted by Crippen LogP contribution is 2.21. The zero-order valence-corrected chi connectivity index (χ0v) is 14.0. The highest BCUT2D eigenvalue weighted by molar-refractivity contribution is 6.05. The molecule has 0 saturated carbocycles. The van der Waals surface area contributed by atoms with Crippen molar-refractivity contribution in [3.63, 3.8) is 0 Å². The molecule has 1 atom stereocenters. The van der Waals surface area contributed by atoms with E-state index in [9.17, 15) is 14.0 Å². The number of carboxylic acids is 1. The van der Waals surface area contributed by atoms with Crippen molar-refractivity contribution < 1.29 is 23.8 Å². The van der Waals surface area contributed by atoms with Crippen molar-refractivity contribution in [2.45, 2.75) is 18.9 Å². The lowest BCUT2D eigenvalue weighted by molar-refractivity contribution is 0.0697. The van der Waals surface area contributed by atoms with Gasteiger partial charge in [-0.1, -0.05) is 6.07 Å². The molecule has 1 heterocycles. The summed E-state index contributed by atoms with van der Waals surface area (Å²) in [5.41, 5.74) is 0.825. The van der Waals surface area contributed by atoms with E-state index >= 15 is 0 Å². The molecule has 26 heavy (non-hydrogen) atoms. The molecule has 1 fully saturated rings. The third-order valence-electron chi connectivity index (χ3n) is 4.14. The average molecular weight is 358 g/mol. The molecule has 1 unspecified atom stereocenters. The second kappa shape index (κ2) is 7.97. The zero-order valence-electron chi connectivity index (χ0n) is 14.0. The molecular formula is C19H19FN2O4. The number of amides is 1. The topological polar surface area (TPSA) is 87.7 Å². The molecule has 0 aliphatic carbocycles. The molecule has 0 radical (unpaired) electrons. The molecule has 1 amide bonds. The minimum absolute atomic E-state index is 0.0116. The largest absolute Gasteiger partial charge is 0.478 e. The lowest BCUT2D eigenvalue weighted by atomic mass is 10.1. The number of anilines is 2. The van der Waals surface area contributed by atoms with Crippen LogP contribution in [-0.4, -0.2) is 36.2 Å². The molecule has 7 heteroatoms. The Labute approximate surface area is 150 Å². The monoisotopic (exact) mass is 358 g/mol. The zero-order chi connectivity index (χ0) is 18.5. The minimum atomic E-state index is -1.12. The Balaban J connectivity index is 1.64. The summed E-state index contributed by atoms with van der Waals surface area (Å²) in [6.07, 6.45) is 2.07. The molecule has 0 bridgehead atoms. The van der Waals surface area contributed by atoms with E-state index in [4.69, 9.17) is 9.84 Å². The molecule has 136 valence electrons. The van der Waals surface area contributed by atoms with Crippen LogP contribution in [0, 0.1) is 5.82 Å². The molecule has 2 aromatic rings. The van der Waals surface area contributed by atoms with Gasteiger partial charge in [0, 0.05) is 24.4 Å². The van der Waals surface area contributed by atoms with E-state index in [1.54, 1.807) is 12.1 Å². The van der Waals surface area contributed by atoms with Gasteiger partial charge in [0.25, 0.3) is 5.91 Å². The van der Waals surface area contributed by atoms with Gasteiger partial charge in [-0.2, -0.15) is 0 Å². The number of carboxylic acid groups (broad SMARTS) is 1. The summed E-state index contributed by atoms with van der Waals surface area (Å²) in [6, 6.07) is 10.00. The van der Waals surface area contributed by atoms with E-state index in [-0.39, 0.29) is 22.9 Å². The highest BCUT2D eigenvalue weighted by atomic mass is 19.1. The lowest BCUT2D eigenvalue weighted by Gasteiger charge is -2.13. The maximum atomic E-state index is 14.2.